The average Bonchev–Trinajstić information content (AvgIpc) is 3.20. The van der Waals surface area contributed by atoms with Crippen LogP contribution < -0.4 is 0 Å². The summed E-state index contributed by atoms with van der Waals surface area (Å²) in [6, 6.07) is 0. The van der Waals surface area contributed by atoms with Gasteiger partial charge in [0.1, 0.15) is 11.2 Å². The molecule has 6 aliphatic rings. The minimum Gasteiger partial charge on any atom is -0.469 e. The summed E-state index contributed by atoms with van der Waals surface area (Å²) in [5, 5.41) is 0. The van der Waals surface area contributed by atoms with Crippen LogP contribution >= 0.6 is 0 Å². The summed E-state index contributed by atoms with van der Waals surface area (Å²) >= 11 is 0. The molecule has 162 valence electrons. The van der Waals surface area contributed by atoms with Crippen molar-refractivity contribution < 1.29 is 28.6 Å². The third-order valence-corrected chi connectivity index (χ3v) is 10.2. The molecular weight excluding hydrogens is 384 g/mol. The van der Waals surface area contributed by atoms with Gasteiger partial charge < -0.3 is 14.2 Å². The third-order valence-electron chi connectivity index (χ3n) is 10.2. The van der Waals surface area contributed by atoms with Crippen molar-refractivity contribution in [3.63, 3.8) is 0 Å². The lowest BCUT2D eigenvalue weighted by Gasteiger charge is -2.58. The highest BCUT2D eigenvalue weighted by molar-refractivity contribution is 5.92. The number of hydrogen-bond donors (Lipinski definition) is 0. The van der Waals surface area contributed by atoms with Gasteiger partial charge in [-0.25, -0.2) is 0 Å². The van der Waals surface area contributed by atoms with E-state index in [-0.39, 0.29) is 52.4 Å². The fraction of sp³-hybridized carbons (Fsp3) is 0.792. The first-order valence-corrected chi connectivity index (χ1v) is 11.4. The fourth-order valence-corrected chi connectivity index (χ4v) is 8.69. The summed E-state index contributed by atoms with van der Waals surface area (Å²) in [4.78, 5) is 37.4. The number of rotatable bonds is 1. The van der Waals surface area contributed by atoms with Gasteiger partial charge in [0.25, 0.3) is 0 Å². The Kier molecular flexibility index (Phi) is 3.53. The number of hydrogen-bond acceptors (Lipinski definition) is 6. The van der Waals surface area contributed by atoms with Crippen LogP contribution in [0.1, 0.15) is 65.2 Å². The zero-order valence-electron chi connectivity index (χ0n) is 18.0. The third kappa shape index (κ3) is 1.94. The highest BCUT2D eigenvalue weighted by atomic mass is 16.6. The molecule has 3 saturated carbocycles. The summed E-state index contributed by atoms with van der Waals surface area (Å²) in [7, 11) is 1.45. The molecule has 0 amide bonds. The topological polar surface area (TPSA) is 82.2 Å². The molecule has 6 rings (SSSR count). The summed E-state index contributed by atoms with van der Waals surface area (Å²) in [6.07, 6.45) is 7.61. The number of carbonyl (C=O) groups is 3. The largest absolute Gasteiger partial charge is 0.469 e. The van der Waals surface area contributed by atoms with Crippen molar-refractivity contribution in [2.75, 3.05) is 7.11 Å². The van der Waals surface area contributed by atoms with Gasteiger partial charge in [0.15, 0.2) is 5.78 Å². The van der Waals surface area contributed by atoms with E-state index < -0.39 is 11.2 Å². The second-order valence-corrected chi connectivity index (χ2v) is 11.0. The molecule has 2 spiro atoms. The standard InChI is InChI=1S/C24H30O6/c1-21-7-4-14(25)10-13(21)11-15(20(27)28-3)19-16-5-8-23(9-6-18(26)30-23)22(16,2)12-17-24(19,21)29-17/h10,15-17,19H,4-9,11-12H2,1-3H3/t15?,16?,17?,19-,21-,22-,23+,24?/m0/s1. The summed E-state index contributed by atoms with van der Waals surface area (Å²) in [6.45, 7) is 4.51. The van der Waals surface area contributed by atoms with E-state index in [1.54, 1.807) is 6.08 Å². The lowest BCUT2D eigenvalue weighted by Crippen LogP contribution is -2.63. The smallest absolute Gasteiger partial charge is 0.309 e. The number of fused-ring (bicyclic) bond motifs is 4. The molecule has 0 N–H and O–H groups in total. The van der Waals surface area contributed by atoms with Crippen LogP contribution in [-0.4, -0.2) is 42.1 Å². The Bertz CT molecular complexity index is 907. The Morgan fingerprint density at radius 2 is 1.97 bits per heavy atom. The minimum absolute atomic E-state index is 0.0303. The SMILES string of the molecule is COC(=O)C1CC2=CC(=O)CC[C@]2(C)C23OC2C[C@@]2(C)C(CC[C@@]24CCC(=O)O4)[C@H]13. The van der Waals surface area contributed by atoms with E-state index in [0.29, 0.717) is 19.3 Å². The number of ether oxygens (including phenoxy) is 3. The maximum atomic E-state index is 13.0. The van der Waals surface area contributed by atoms with Crippen LogP contribution in [0, 0.1) is 28.6 Å². The van der Waals surface area contributed by atoms with Crippen molar-refractivity contribution in [1.29, 1.82) is 0 Å². The van der Waals surface area contributed by atoms with Crippen LogP contribution in [0.4, 0.5) is 0 Å². The maximum absolute atomic E-state index is 13.0. The first-order valence-electron chi connectivity index (χ1n) is 11.4. The Balaban J connectivity index is 1.49. The summed E-state index contributed by atoms with van der Waals surface area (Å²) in [5.41, 5.74) is -0.175. The van der Waals surface area contributed by atoms with Crippen LogP contribution in [0.15, 0.2) is 11.6 Å². The van der Waals surface area contributed by atoms with E-state index in [2.05, 4.69) is 13.8 Å². The molecular formula is C24H30O6. The van der Waals surface area contributed by atoms with E-state index in [9.17, 15) is 14.4 Å². The van der Waals surface area contributed by atoms with Crippen molar-refractivity contribution >= 4 is 17.7 Å². The quantitative estimate of drug-likeness (QED) is 0.484. The number of carbonyl (C=O) groups excluding carboxylic acids is 3. The molecule has 0 radical (unpaired) electrons. The minimum atomic E-state index is -0.424. The van der Waals surface area contributed by atoms with Crippen LogP contribution in [0.2, 0.25) is 0 Å². The predicted octanol–water partition coefficient (Wildman–Crippen LogP) is 3.12. The van der Waals surface area contributed by atoms with Crippen LogP contribution in [0.5, 0.6) is 0 Å². The zero-order valence-corrected chi connectivity index (χ0v) is 18.0. The number of methoxy groups -OCH3 is 1. The zero-order chi connectivity index (χ0) is 21.1. The van der Waals surface area contributed by atoms with Gasteiger partial charge in [0.2, 0.25) is 0 Å². The molecule has 6 nitrogen and oxygen atoms in total. The van der Waals surface area contributed by atoms with Gasteiger partial charge in [-0.1, -0.05) is 19.4 Å². The van der Waals surface area contributed by atoms with Crippen LogP contribution in [0.3, 0.4) is 0 Å². The second-order valence-electron chi connectivity index (χ2n) is 11.0. The molecule has 30 heavy (non-hydrogen) atoms. The Morgan fingerprint density at radius 3 is 2.67 bits per heavy atom. The Labute approximate surface area is 176 Å². The lowest BCUT2D eigenvalue weighted by molar-refractivity contribution is -0.172. The van der Waals surface area contributed by atoms with Crippen LogP contribution in [0.25, 0.3) is 0 Å². The number of ketones is 1. The van der Waals surface area contributed by atoms with Gasteiger partial charge in [-0.05, 0) is 50.5 Å². The number of epoxide rings is 1. The maximum Gasteiger partial charge on any atom is 0.309 e. The summed E-state index contributed by atoms with van der Waals surface area (Å²) in [5.74, 6) is -0.201. The molecule has 6 heteroatoms. The van der Waals surface area contributed by atoms with E-state index in [0.717, 1.165) is 37.7 Å². The highest BCUT2D eigenvalue weighted by Crippen LogP contribution is 2.78. The van der Waals surface area contributed by atoms with E-state index >= 15 is 0 Å². The molecule has 0 aromatic heterocycles. The molecule has 8 atom stereocenters. The molecule has 2 saturated heterocycles. The molecule has 2 aliphatic heterocycles. The van der Waals surface area contributed by atoms with Crippen LogP contribution in [-0.2, 0) is 28.6 Å². The lowest BCUT2D eigenvalue weighted by atomic mass is 9.43. The van der Waals surface area contributed by atoms with Gasteiger partial charge in [0, 0.05) is 29.6 Å². The van der Waals surface area contributed by atoms with Crippen molar-refractivity contribution in [3.05, 3.63) is 11.6 Å². The molecule has 2 heterocycles. The van der Waals surface area contributed by atoms with Gasteiger partial charge in [-0.3, -0.25) is 14.4 Å². The van der Waals surface area contributed by atoms with Crippen molar-refractivity contribution in [3.8, 4) is 0 Å². The molecule has 4 unspecified atom stereocenters. The first kappa shape index (κ1) is 19.0. The number of esters is 2. The Morgan fingerprint density at radius 1 is 1.17 bits per heavy atom. The molecule has 0 bridgehead atoms. The average molecular weight is 414 g/mol. The normalized spacial score (nSPS) is 53.2. The molecule has 5 fully saturated rings. The first-order chi connectivity index (χ1) is 14.2. The van der Waals surface area contributed by atoms with Crippen molar-refractivity contribution in [2.45, 2.75) is 82.5 Å². The van der Waals surface area contributed by atoms with Gasteiger partial charge in [-0.15, -0.1) is 0 Å². The van der Waals surface area contributed by atoms with Crippen molar-refractivity contribution in [1.82, 2.24) is 0 Å². The van der Waals surface area contributed by atoms with Gasteiger partial charge in [-0.2, -0.15) is 0 Å². The van der Waals surface area contributed by atoms with E-state index in [1.807, 2.05) is 0 Å². The van der Waals surface area contributed by atoms with Crippen molar-refractivity contribution in [2.24, 2.45) is 28.6 Å². The molecule has 4 aliphatic carbocycles. The molecule has 0 aromatic rings. The summed E-state index contributed by atoms with van der Waals surface area (Å²) < 4.78 is 17.9. The van der Waals surface area contributed by atoms with E-state index in [1.165, 1.54) is 7.11 Å². The Hall–Kier alpha value is -1.69. The fourth-order valence-electron chi connectivity index (χ4n) is 8.69. The van der Waals surface area contributed by atoms with E-state index in [4.69, 9.17) is 14.2 Å². The molecule has 0 aromatic carbocycles. The monoisotopic (exact) mass is 414 g/mol. The van der Waals surface area contributed by atoms with Gasteiger partial charge in [0.05, 0.1) is 19.1 Å². The predicted molar refractivity (Wildman–Crippen MR) is 105 cm³/mol. The highest BCUT2D eigenvalue weighted by Gasteiger charge is 2.83. The second kappa shape index (κ2) is 5.56. The van der Waals surface area contributed by atoms with Gasteiger partial charge >= 0.3 is 11.9 Å².